The third-order valence-corrected chi connectivity index (χ3v) is 6.99. The first kappa shape index (κ1) is 22.1. The van der Waals surface area contributed by atoms with E-state index in [0.717, 1.165) is 22.3 Å². The molecule has 0 amide bonds. The molecule has 170 valence electrons. The summed E-state index contributed by atoms with van der Waals surface area (Å²) >= 11 is 0. The fourth-order valence-electron chi connectivity index (χ4n) is 5.02. The summed E-state index contributed by atoms with van der Waals surface area (Å²) in [6.07, 6.45) is 0.583. The number of rotatable bonds is 7. The molecule has 1 atom stereocenters. The largest absolute Gasteiger partial charge is 0.459 e. The van der Waals surface area contributed by atoms with Crippen LogP contribution < -0.4 is 5.32 Å². The third-order valence-electron chi connectivity index (χ3n) is 6.99. The van der Waals surface area contributed by atoms with Crippen LogP contribution in [0.5, 0.6) is 0 Å². The van der Waals surface area contributed by atoms with Crippen LogP contribution in [0.25, 0.3) is 11.1 Å². The molecule has 0 spiro atoms. The molecule has 34 heavy (non-hydrogen) atoms. The number of carbonyl (C=O) groups excluding carboxylic acids is 1. The molecule has 5 rings (SSSR count). The summed E-state index contributed by atoms with van der Waals surface area (Å²) in [5, 5.41) is 3.85. The van der Waals surface area contributed by atoms with Crippen LogP contribution in [0.4, 0.5) is 0 Å². The van der Waals surface area contributed by atoms with Crippen molar-refractivity contribution in [3.8, 4) is 11.1 Å². The minimum absolute atomic E-state index is 0.252. The number of nitrogens with one attached hydrogen (secondary N) is 1. The van der Waals surface area contributed by atoms with Gasteiger partial charge in [-0.2, -0.15) is 0 Å². The minimum Gasteiger partial charge on any atom is -0.459 e. The van der Waals surface area contributed by atoms with Gasteiger partial charge in [0.15, 0.2) is 0 Å². The maximum absolute atomic E-state index is 13.6. The first-order valence-electron chi connectivity index (χ1n) is 11.8. The predicted octanol–water partition coefficient (Wildman–Crippen LogP) is 6.46. The molecule has 3 nitrogen and oxygen atoms in total. The lowest BCUT2D eigenvalue weighted by Crippen LogP contribution is -2.59. The highest BCUT2D eigenvalue weighted by molar-refractivity contribution is 5.85. The number of hydrogen-bond donors (Lipinski definition) is 1. The van der Waals surface area contributed by atoms with Gasteiger partial charge in [-0.3, -0.25) is 10.1 Å². The van der Waals surface area contributed by atoms with E-state index in [9.17, 15) is 4.79 Å². The predicted molar refractivity (Wildman–Crippen MR) is 136 cm³/mol. The summed E-state index contributed by atoms with van der Waals surface area (Å²) in [5.74, 6) is -0.254. The summed E-state index contributed by atoms with van der Waals surface area (Å²) in [7, 11) is 0. The van der Waals surface area contributed by atoms with Crippen LogP contribution in [-0.2, 0) is 21.7 Å². The lowest BCUT2D eigenvalue weighted by Gasteiger charge is -2.41. The molecular weight excluding hydrogens is 418 g/mol. The Morgan fingerprint density at radius 2 is 1.26 bits per heavy atom. The maximum Gasteiger partial charge on any atom is 0.326 e. The maximum atomic E-state index is 13.6. The summed E-state index contributed by atoms with van der Waals surface area (Å²) in [6.45, 7) is 4.24. The van der Waals surface area contributed by atoms with Crippen molar-refractivity contribution in [3.05, 3.63) is 131 Å². The number of esters is 1. The van der Waals surface area contributed by atoms with E-state index in [2.05, 4.69) is 78.1 Å². The van der Waals surface area contributed by atoms with Crippen molar-refractivity contribution in [1.29, 1.82) is 0 Å². The highest BCUT2D eigenvalue weighted by atomic mass is 16.5. The number of benzene rings is 4. The van der Waals surface area contributed by atoms with Crippen molar-refractivity contribution in [2.45, 2.75) is 38.0 Å². The Balaban J connectivity index is 1.61. The Kier molecular flexibility index (Phi) is 5.80. The number of hydrogen-bond acceptors (Lipinski definition) is 3. The minimum atomic E-state index is -0.908. The zero-order valence-corrected chi connectivity index (χ0v) is 19.6. The van der Waals surface area contributed by atoms with Crippen LogP contribution in [0, 0.1) is 0 Å². The molecule has 0 fully saturated rings. The quantitative estimate of drug-likeness (QED) is 0.330. The lowest BCUT2D eigenvalue weighted by atomic mass is 9.78. The molecule has 4 aromatic rings. The second-order valence-electron chi connectivity index (χ2n) is 9.08. The average molecular weight is 448 g/mol. The molecule has 0 saturated carbocycles. The van der Waals surface area contributed by atoms with Crippen molar-refractivity contribution >= 4 is 5.97 Å². The lowest BCUT2D eigenvalue weighted by molar-refractivity contribution is -0.153. The van der Waals surface area contributed by atoms with E-state index in [0.29, 0.717) is 6.42 Å². The Morgan fingerprint density at radius 3 is 1.82 bits per heavy atom. The highest BCUT2D eigenvalue weighted by Crippen LogP contribution is 2.51. The van der Waals surface area contributed by atoms with Crippen LogP contribution in [0.2, 0.25) is 0 Å². The molecule has 0 bridgehead atoms. The fraction of sp³-hybridized carbons (Fsp3) is 0.194. The summed E-state index contributed by atoms with van der Waals surface area (Å²) in [5.41, 5.74) is 5.17. The molecular formula is C31H29NO2. The zero-order chi connectivity index (χ0) is 23.6. The SMILES string of the molecule is CCC(C)(NC1(c2ccccc2)c2ccccc2-c2ccccc21)C(=O)OCc1ccccc1. The van der Waals surface area contributed by atoms with E-state index in [1.54, 1.807) is 0 Å². The van der Waals surface area contributed by atoms with Crippen molar-refractivity contribution in [3.63, 3.8) is 0 Å². The smallest absolute Gasteiger partial charge is 0.326 e. The fourth-order valence-corrected chi connectivity index (χ4v) is 5.02. The van der Waals surface area contributed by atoms with E-state index in [1.165, 1.54) is 11.1 Å². The van der Waals surface area contributed by atoms with Gasteiger partial charge in [-0.15, -0.1) is 0 Å². The molecule has 0 radical (unpaired) electrons. The van der Waals surface area contributed by atoms with E-state index >= 15 is 0 Å². The van der Waals surface area contributed by atoms with Crippen LogP contribution in [-0.4, -0.2) is 11.5 Å². The monoisotopic (exact) mass is 447 g/mol. The van der Waals surface area contributed by atoms with Gasteiger partial charge in [-0.05, 0) is 46.7 Å². The molecule has 0 heterocycles. The van der Waals surface area contributed by atoms with Crippen molar-refractivity contribution in [2.24, 2.45) is 0 Å². The second kappa shape index (κ2) is 8.92. The van der Waals surface area contributed by atoms with Crippen LogP contribution >= 0.6 is 0 Å². The van der Waals surface area contributed by atoms with E-state index in [1.807, 2.05) is 50.2 Å². The third kappa shape index (κ3) is 3.63. The van der Waals surface area contributed by atoms with Gasteiger partial charge in [0, 0.05) is 0 Å². The summed E-state index contributed by atoms with van der Waals surface area (Å²) in [6, 6.07) is 37.2. The Hall–Kier alpha value is -3.69. The Labute approximate surface area is 201 Å². The van der Waals surface area contributed by atoms with Gasteiger partial charge < -0.3 is 4.74 Å². The Morgan fingerprint density at radius 1 is 0.765 bits per heavy atom. The molecule has 0 aromatic heterocycles. The van der Waals surface area contributed by atoms with Crippen molar-refractivity contribution < 1.29 is 9.53 Å². The first-order valence-corrected chi connectivity index (χ1v) is 11.8. The summed E-state index contributed by atoms with van der Waals surface area (Å²) < 4.78 is 5.85. The molecule has 1 N–H and O–H groups in total. The molecule has 1 aliphatic carbocycles. The van der Waals surface area contributed by atoms with Crippen LogP contribution in [0.1, 0.15) is 42.5 Å². The van der Waals surface area contributed by atoms with Gasteiger partial charge in [0.1, 0.15) is 12.1 Å². The molecule has 1 unspecified atom stereocenters. The molecule has 4 aromatic carbocycles. The van der Waals surface area contributed by atoms with Crippen LogP contribution in [0.15, 0.2) is 109 Å². The average Bonchev–Trinajstić information content (AvgIpc) is 3.19. The van der Waals surface area contributed by atoms with Gasteiger partial charge in [0.05, 0.1) is 5.54 Å². The molecule has 3 heteroatoms. The molecule has 0 aliphatic heterocycles. The van der Waals surface area contributed by atoms with Gasteiger partial charge in [0.25, 0.3) is 0 Å². The van der Waals surface area contributed by atoms with Crippen LogP contribution in [0.3, 0.4) is 0 Å². The summed E-state index contributed by atoms with van der Waals surface area (Å²) in [4.78, 5) is 13.6. The first-order chi connectivity index (χ1) is 16.6. The highest BCUT2D eigenvalue weighted by Gasteiger charge is 2.50. The van der Waals surface area contributed by atoms with E-state index in [-0.39, 0.29) is 12.6 Å². The van der Waals surface area contributed by atoms with E-state index in [4.69, 9.17) is 4.74 Å². The van der Waals surface area contributed by atoms with Gasteiger partial charge in [0.2, 0.25) is 0 Å². The van der Waals surface area contributed by atoms with Crippen molar-refractivity contribution in [2.75, 3.05) is 0 Å². The standard InChI is InChI=1S/C31H29NO2/c1-3-30(2,29(33)34-22-23-14-6-4-7-15-23)32-31(24-16-8-5-9-17-24)27-20-12-10-18-25(27)26-19-11-13-21-28(26)31/h4-21,32H,3,22H2,1-2H3. The zero-order valence-electron chi connectivity index (χ0n) is 19.6. The van der Waals surface area contributed by atoms with Gasteiger partial charge in [-0.1, -0.05) is 116 Å². The molecule has 1 aliphatic rings. The van der Waals surface area contributed by atoms with Gasteiger partial charge in [-0.25, -0.2) is 0 Å². The van der Waals surface area contributed by atoms with E-state index < -0.39 is 11.1 Å². The second-order valence-corrected chi connectivity index (χ2v) is 9.08. The molecule has 0 saturated heterocycles. The number of ether oxygens (including phenoxy) is 1. The normalized spacial score (nSPS) is 15.1. The Bertz CT molecular complexity index is 1250. The van der Waals surface area contributed by atoms with Gasteiger partial charge >= 0.3 is 5.97 Å². The number of fused-ring (bicyclic) bond motifs is 3. The topological polar surface area (TPSA) is 38.3 Å². The number of carbonyl (C=O) groups is 1. The van der Waals surface area contributed by atoms with Crippen molar-refractivity contribution in [1.82, 2.24) is 5.32 Å².